The van der Waals surface area contributed by atoms with Crippen molar-refractivity contribution >= 4 is 17.6 Å². The van der Waals surface area contributed by atoms with Gasteiger partial charge in [0.05, 0.1) is 14.2 Å². The van der Waals surface area contributed by atoms with Crippen molar-refractivity contribution in [1.29, 1.82) is 0 Å². The summed E-state index contributed by atoms with van der Waals surface area (Å²) >= 11 is 6.00. The number of aromatic hydroxyl groups is 1. The van der Waals surface area contributed by atoms with E-state index in [1.165, 1.54) is 14.2 Å². The second-order valence-corrected chi connectivity index (χ2v) is 6.02. The zero-order valence-electron chi connectivity index (χ0n) is 15.2. The Bertz CT molecular complexity index is 740. The summed E-state index contributed by atoms with van der Waals surface area (Å²) in [6, 6.07) is 11.3. The zero-order chi connectivity index (χ0) is 18.9. The van der Waals surface area contributed by atoms with Crippen molar-refractivity contribution in [2.24, 2.45) is 4.99 Å². The Morgan fingerprint density at radius 3 is 2.35 bits per heavy atom. The molecule has 0 atom stereocenters. The van der Waals surface area contributed by atoms with Crippen LogP contribution in [0.5, 0.6) is 17.2 Å². The van der Waals surface area contributed by atoms with E-state index in [9.17, 15) is 5.11 Å². The first-order valence-corrected chi connectivity index (χ1v) is 8.58. The SMILES string of the molecule is CN=C(NCCc1cccc(Cl)c1)NCc1cc(OC)c(O)c(OC)c1. The fourth-order valence-electron chi connectivity index (χ4n) is 2.47. The molecule has 0 saturated heterocycles. The van der Waals surface area contributed by atoms with Crippen molar-refractivity contribution in [3.63, 3.8) is 0 Å². The van der Waals surface area contributed by atoms with Gasteiger partial charge in [0.2, 0.25) is 5.75 Å². The number of nitrogens with zero attached hydrogens (tertiary/aromatic N) is 1. The summed E-state index contributed by atoms with van der Waals surface area (Å²) in [4.78, 5) is 4.21. The average Bonchev–Trinajstić information content (AvgIpc) is 2.65. The molecule has 6 nitrogen and oxygen atoms in total. The van der Waals surface area contributed by atoms with Gasteiger partial charge in [-0.1, -0.05) is 23.7 Å². The molecule has 2 rings (SSSR count). The van der Waals surface area contributed by atoms with Crippen molar-refractivity contribution in [3.8, 4) is 17.2 Å². The predicted molar refractivity (Wildman–Crippen MR) is 105 cm³/mol. The Hall–Kier alpha value is -2.60. The number of halogens is 1. The summed E-state index contributed by atoms with van der Waals surface area (Å²) < 4.78 is 10.3. The Morgan fingerprint density at radius 2 is 1.77 bits per heavy atom. The molecular weight excluding hydrogens is 354 g/mol. The van der Waals surface area contributed by atoms with Crippen LogP contribution in [0.2, 0.25) is 5.02 Å². The molecule has 140 valence electrons. The van der Waals surface area contributed by atoms with Gasteiger partial charge in [0, 0.05) is 25.2 Å². The predicted octanol–water partition coefficient (Wildman–Crippen LogP) is 2.97. The summed E-state index contributed by atoms with van der Waals surface area (Å²) in [5, 5.41) is 17.2. The molecule has 0 aliphatic heterocycles. The smallest absolute Gasteiger partial charge is 0.200 e. The first-order chi connectivity index (χ1) is 12.6. The van der Waals surface area contributed by atoms with E-state index in [2.05, 4.69) is 15.6 Å². The highest BCUT2D eigenvalue weighted by molar-refractivity contribution is 6.30. The van der Waals surface area contributed by atoms with Crippen LogP contribution in [0.25, 0.3) is 0 Å². The Morgan fingerprint density at radius 1 is 1.08 bits per heavy atom. The van der Waals surface area contributed by atoms with Crippen LogP contribution in [0.3, 0.4) is 0 Å². The molecule has 0 saturated carbocycles. The minimum atomic E-state index is -0.0113. The molecule has 0 aliphatic carbocycles. The Labute approximate surface area is 158 Å². The second-order valence-electron chi connectivity index (χ2n) is 5.58. The molecule has 3 N–H and O–H groups in total. The van der Waals surface area contributed by atoms with Crippen molar-refractivity contribution in [2.45, 2.75) is 13.0 Å². The zero-order valence-corrected chi connectivity index (χ0v) is 15.9. The van der Waals surface area contributed by atoms with E-state index in [1.54, 1.807) is 19.2 Å². The standard InChI is InChI=1S/C19H24ClN3O3/c1-21-19(22-8-7-13-5-4-6-15(20)9-13)23-12-14-10-16(25-2)18(24)17(11-14)26-3/h4-6,9-11,24H,7-8,12H2,1-3H3,(H2,21,22,23). The van der Waals surface area contributed by atoms with Crippen LogP contribution >= 0.6 is 11.6 Å². The topological polar surface area (TPSA) is 75.1 Å². The van der Waals surface area contributed by atoms with E-state index < -0.39 is 0 Å². The first-order valence-electron chi connectivity index (χ1n) is 8.20. The minimum Gasteiger partial charge on any atom is -0.502 e. The largest absolute Gasteiger partial charge is 0.502 e. The lowest BCUT2D eigenvalue weighted by Gasteiger charge is -2.14. The van der Waals surface area contributed by atoms with Crippen LogP contribution < -0.4 is 20.1 Å². The van der Waals surface area contributed by atoms with E-state index in [0.717, 1.165) is 29.1 Å². The molecule has 0 fully saturated rings. The van der Waals surface area contributed by atoms with E-state index in [0.29, 0.717) is 24.0 Å². The number of hydrogen-bond acceptors (Lipinski definition) is 4. The van der Waals surface area contributed by atoms with Gasteiger partial charge in [-0.15, -0.1) is 0 Å². The number of aliphatic imine (C=N–C) groups is 1. The average molecular weight is 378 g/mol. The molecule has 0 bridgehead atoms. The van der Waals surface area contributed by atoms with Gasteiger partial charge in [-0.3, -0.25) is 4.99 Å². The summed E-state index contributed by atoms with van der Waals surface area (Å²) in [6.45, 7) is 1.23. The molecule has 0 amide bonds. The third-order valence-corrected chi connectivity index (χ3v) is 4.05. The highest BCUT2D eigenvalue weighted by Crippen LogP contribution is 2.36. The van der Waals surface area contributed by atoms with Crippen molar-refractivity contribution in [1.82, 2.24) is 10.6 Å². The highest BCUT2D eigenvalue weighted by atomic mass is 35.5. The number of phenols is 1. The number of methoxy groups -OCH3 is 2. The van der Waals surface area contributed by atoms with Gasteiger partial charge in [0.1, 0.15) is 0 Å². The lowest BCUT2D eigenvalue weighted by Crippen LogP contribution is -2.37. The molecule has 0 spiro atoms. The molecule has 0 heterocycles. The van der Waals surface area contributed by atoms with Gasteiger partial charge in [-0.25, -0.2) is 0 Å². The molecule has 0 aromatic heterocycles. The summed E-state index contributed by atoms with van der Waals surface area (Å²) in [6.07, 6.45) is 0.835. The lowest BCUT2D eigenvalue weighted by atomic mass is 10.1. The third kappa shape index (κ3) is 5.46. The van der Waals surface area contributed by atoms with Gasteiger partial charge in [-0.2, -0.15) is 0 Å². The molecule has 2 aromatic carbocycles. The number of hydrogen-bond donors (Lipinski definition) is 3. The minimum absolute atomic E-state index is 0.0113. The summed E-state index contributed by atoms with van der Waals surface area (Å²) in [5.41, 5.74) is 2.06. The number of rotatable bonds is 7. The molecule has 0 unspecified atom stereocenters. The van der Waals surface area contributed by atoms with Crippen LogP contribution in [-0.2, 0) is 13.0 Å². The molecule has 0 aliphatic rings. The van der Waals surface area contributed by atoms with Crippen LogP contribution in [0.15, 0.2) is 41.4 Å². The van der Waals surface area contributed by atoms with Crippen LogP contribution in [0.1, 0.15) is 11.1 Å². The van der Waals surface area contributed by atoms with Gasteiger partial charge in [0.25, 0.3) is 0 Å². The van der Waals surface area contributed by atoms with Crippen LogP contribution in [0.4, 0.5) is 0 Å². The van der Waals surface area contributed by atoms with Crippen molar-refractivity contribution < 1.29 is 14.6 Å². The number of phenolic OH excluding ortho intramolecular Hbond substituents is 1. The summed E-state index contributed by atoms with van der Waals surface area (Å²) in [5.74, 6) is 1.40. The second kappa shape index (κ2) is 9.77. The summed E-state index contributed by atoms with van der Waals surface area (Å²) in [7, 11) is 4.72. The van der Waals surface area contributed by atoms with Gasteiger partial charge >= 0.3 is 0 Å². The Balaban J connectivity index is 1.90. The molecule has 0 radical (unpaired) electrons. The quantitative estimate of drug-likeness (QED) is 0.511. The van der Waals surface area contributed by atoms with Gasteiger partial charge in [0.15, 0.2) is 17.5 Å². The lowest BCUT2D eigenvalue weighted by molar-refractivity contribution is 0.339. The maximum absolute atomic E-state index is 9.96. The highest BCUT2D eigenvalue weighted by Gasteiger charge is 2.11. The normalized spacial score (nSPS) is 11.2. The molecule has 7 heteroatoms. The molecule has 2 aromatic rings. The Kier molecular flexibility index (Phi) is 7.41. The monoisotopic (exact) mass is 377 g/mol. The third-order valence-electron chi connectivity index (χ3n) is 3.82. The van der Waals surface area contributed by atoms with Crippen molar-refractivity contribution in [2.75, 3.05) is 27.8 Å². The fraction of sp³-hybridized carbons (Fsp3) is 0.316. The fourth-order valence-corrected chi connectivity index (χ4v) is 2.69. The first kappa shape index (κ1) is 19.7. The van der Waals surface area contributed by atoms with E-state index in [-0.39, 0.29) is 5.75 Å². The van der Waals surface area contributed by atoms with Crippen molar-refractivity contribution in [3.05, 3.63) is 52.5 Å². The number of benzene rings is 2. The number of ether oxygens (including phenoxy) is 2. The van der Waals surface area contributed by atoms with Gasteiger partial charge in [-0.05, 0) is 41.8 Å². The van der Waals surface area contributed by atoms with Crippen LogP contribution in [-0.4, -0.2) is 38.9 Å². The van der Waals surface area contributed by atoms with Gasteiger partial charge < -0.3 is 25.2 Å². The van der Waals surface area contributed by atoms with E-state index in [1.807, 2.05) is 24.3 Å². The van der Waals surface area contributed by atoms with E-state index in [4.69, 9.17) is 21.1 Å². The number of guanidine groups is 1. The number of nitrogens with one attached hydrogen (secondary N) is 2. The molecular formula is C19H24ClN3O3. The molecule has 26 heavy (non-hydrogen) atoms. The maximum Gasteiger partial charge on any atom is 0.200 e. The van der Waals surface area contributed by atoms with Crippen LogP contribution in [0, 0.1) is 0 Å². The maximum atomic E-state index is 9.96. The van der Waals surface area contributed by atoms with E-state index >= 15 is 0 Å².